The molecule has 1 aromatic heterocycles. The summed E-state index contributed by atoms with van der Waals surface area (Å²) in [5.41, 5.74) is 0. The van der Waals surface area contributed by atoms with Gasteiger partial charge in [-0.05, 0) is 0 Å². The molecule has 1 aromatic rings. The molecule has 0 unspecified atom stereocenters. The molecule has 0 saturated heterocycles. The minimum Gasteiger partial charge on any atom is -0.395 e. The maximum Gasteiger partial charge on any atom is 0.284 e. The van der Waals surface area contributed by atoms with Gasteiger partial charge >= 0.3 is 0 Å². The van der Waals surface area contributed by atoms with Gasteiger partial charge in [0.25, 0.3) is 5.91 Å². The minimum atomic E-state index is -0.224. The maximum absolute atomic E-state index is 11.6. The summed E-state index contributed by atoms with van der Waals surface area (Å²) >= 11 is 1.19. The largest absolute Gasteiger partial charge is 0.395 e. The van der Waals surface area contributed by atoms with Crippen LogP contribution in [0.15, 0.2) is 0 Å². The van der Waals surface area contributed by atoms with Crippen molar-refractivity contribution in [3.8, 4) is 0 Å². The number of anilines is 1. The van der Waals surface area contributed by atoms with Crippen molar-refractivity contribution >= 4 is 22.4 Å². The summed E-state index contributed by atoms with van der Waals surface area (Å²) in [7, 11) is 3.32. The predicted octanol–water partition coefficient (Wildman–Crippen LogP) is -0.356. The number of rotatable bonds is 4. The standard InChI is InChI=1S/C7H12N4O2S/c1-8-7-10-9-5(14-7)6(13)11(2)3-4-12/h12H,3-4H2,1-2H3,(H,8,10). The summed E-state index contributed by atoms with van der Waals surface area (Å²) in [6.07, 6.45) is 0. The highest BCUT2D eigenvalue weighted by Gasteiger charge is 2.16. The van der Waals surface area contributed by atoms with Gasteiger partial charge in [-0.1, -0.05) is 11.3 Å². The van der Waals surface area contributed by atoms with Crippen molar-refractivity contribution < 1.29 is 9.90 Å². The van der Waals surface area contributed by atoms with Gasteiger partial charge in [-0.25, -0.2) is 0 Å². The number of nitrogens with zero attached hydrogens (tertiary/aromatic N) is 3. The van der Waals surface area contributed by atoms with Crippen LogP contribution in [0.4, 0.5) is 5.13 Å². The highest BCUT2D eigenvalue weighted by molar-refractivity contribution is 7.17. The molecule has 0 saturated carbocycles. The smallest absolute Gasteiger partial charge is 0.284 e. The number of hydrogen-bond acceptors (Lipinski definition) is 6. The predicted molar refractivity (Wildman–Crippen MR) is 53.5 cm³/mol. The third-order valence-corrected chi connectivity index (χ3v) is 2.53. The van der Waals surface area contributed by atoms with Gasteiger partial charge in [0.05, 0.1) is 6.61 Å². The van der Waals surface area contributed by atoms with E-state index in [1.54, 1.807) is 14.1 Å². The lowest BCUT2D eigenvalue weighted by atomic mass is 10.5. The summed E-state index contributed by atoms with van der Waals surface area (Å²) < 4.78 is 0. The van der Waals surface area contributed by atoms with Crippen LogP contribution in [0.1, 0.15) is 9.80 Å². The van der Waals surface area contributed by atoms with E-state index in [-0.39, 0.29) is 12.5 Å². The lowest BCUT2D eigenvalue weighted by Crippen LogP contribution is -2.29. The molecule has 0 bridgehead atoms. The van der Waals surface area contributed by atoms with Crippen LogP contribution in [0.2, 0.25) is 0 Å². The van der Waals surface area contributed by atoms with Crippen molar-refractivity contribution in [3.05, 3.63) is 5.01 Å². The van der Waals surface area contributed by atoms with Crippen molar-refractivity contribution in [1.82, 2.24) is 15.1 Å². The van der Waals surface area contributed by atoms with Crippen molar-refractivity contribution in [2.45, 2.75) is 0 Å². The van der Waals surface area contributed by atoms with Gasteiger partial charge in [0.1, 0.15) is 0 Å². The molecule has 0 aliphatic rings. The first-order valence-corrected chi connectivity index (χ1v) is 4.88. The summed E-state index contributed by atoms with van der Waals surface area (Å²) in [5.74, 6) is -0.224. The topological polar surface area (TPSA) is 78.4 Å². The molecular weight excluding hydrogens is 204 g/mol. The Bertz CT molecular complexity index is 314. The van der Waals surface area contributed by atoms with Gasteiger partial charge < -0.3 is 15.3 Å². The third kappa shape index (κ3) is 2.39. The van der Waals surface area contributed by atoms with Crippen molar-refractivity contribution in [3.63, 3.8) is 0 Å². The average molecular weight is 216 g/mol. The fourth-order valence-corrected chi connectivity index (χ4v) is 1.52. The van der Waals surface area contributed by atoms with Gasteiger partial charge in [-0.15, -0.1) is 10.2 Å². The highest BCUT2D eigenvalue weighted by Crippen LogP contribution is 2.15. The Kier molecular flexibility index (Phi) is 3.78. The molecule has 0 aliphatic carbocycles. The van der Waals surface area contributed by atoms with Crippen molar-refractivity contribution in [2.75, 3.05) is 32.6 Å². The third-order valence-electron chi connectivity index (χ3n) is 1.60. The van der Waals surface area contributed by atoms with Gasteiger partial charge in [-0.3, -0.25) is 4.79 Å². The quantitative estimate of drug-likeness (QED) is 0.719. The van der Waals surface area contributed by atoms with Crippen LogP contribution in [-0.2, 0) is 0 Å². The zero-order valence-corrected chi connectivity index (χ0v) is 8.84. The fourth-order valence-electron chi connectivity index (χ4n) is 0.825. The van der Waals surface area contributed by atoms with Crippen LogP contribution >= 0.6 is 11.3 Å². The molecule has 0 aromatic carbocycles. The SMILES string of the molecule is CNc1nnc(C(=O)N(C)CCO)s1. The lowest BCUT2D eigenvalue weighted by Gasteiger charge is -2.12. The van der Waals surface area contributed by atoms with E-state index >= 15 is 0 Å². The zero-order valence-electron chi connectivity index (χ0n) is 8.02. The molecule has 6 nitrogen and oxygen atoms in total. The summed E-state index contributed by atoms with van der Waals surface area (Å²) in [4.78, 5) is 13.0. The van der Waals surface area contributed by atoms with Gasteiger partial charge in [-0.2, -0.15) is 0 Å². The summed E-state index contributed by atoms with van der Waals surface area (Å²) in [6.45, 7) is 0.243. The molecule has 0 spiro atoms. The molecular formula is C7H12N4O2S. The van der Waals surface area contributed by atoms with E-state index in [1.165, 1.54) is 16.2 Å². The number of hydrogen-bond donors (Lipinski definition) is 2. The Morgan fingerprint density at radius 1 is 1.64 bits per heavy atom. The van der Waals surface area contributed by atoms with Crippen LogP contribution < -0.4 is 5.32 Å². The molecule has 0 aliphatic heterocycles. The average Bonchev–Trinajstić information content (AvgIpc) is 2.65. The second-order valence-electron chi connectivity index (χ2n) is 2.61. The number of amides is 1. The molecule has 1 amide bonds. The van der Waals surface area contributed by atoms with Gasteiger partial charge in [0.15, 0.2) is 0 Å². The number of aliphatic hydroxyl groups is 1. The summed E-state index contributed by atoms with van der Waals surface area (Å²) in [5, 5.41) is 19.8. The number of aromatic nitrogens is 2. The van der Waals surface area contributed by atoms with E-state index in [2.05, 4.69) is 15.5 Å². The van der Waals surface area contributed by atoms with E-state index in [0.29, 0.717) is 16.7 Å². The first kappa shape index (κ1) is 10.9. The van der Waals surface area contributed by atoms with Crippen LogP contribution in [0.25, 0.3) is 0 Å². The fraction of sp³-hybridized carbons (Fsp3) is 0.571. The monoisotopic (exact) mass is 216 g/mol. The zero-order chi connectivity index (χ0) is 10.6. The van der Waals surface area contributed by atoms with E-state index in [1.807, 2.05) is 0 Å². The van der Waals surface area contributed by atoms with Crippen LogP contribution in [0.3, 0.4) is 0 Å². The minimum absolute atomic E-state index is 0.0556. The maximum atomic E-state index is 11.6. The number of nitrogens with one attached hydrogen (secondary N) is 1. The number of carbonyl (C=O) groups excluding carboxylic acids is 1. The molecule has 0 fully saturated rings. The number of likely N-dealkylation sites (N-methyl/N-ethyl adjacent to an activating group) is 1. The molecule has 78 valence electrons. The van der Waals surface area contributed by atoms with Gasteiger partial charge in [0.2, 0.25) is 10.1 Å². The Morgan fingerprint density at radius 3 is 2.86 bits per heavy atom. The van der Waals surface area contributed by atoms with Crippen molar-refractivity contribution in [2.24, 2.45) is 0 Å². The Balaban J connectivity index is 2.68. The molecule has 1 rings (SSSR count). The number of carbonyl (C=O) groups is 1. The second kappa shape index (κ2) is 4.87. The Morgan fingerprint density at radius 2 is 2.36 bits per heavy atom. The molecule has 0 radical (unpaired) electrons. The lowest BCUT2D eigenvalue weighted by molar-refractivity contribution is 0.0765. The number of aliphatic hydroxyl groups excluding tert-OH is 1. The molecule has 2 N–H and O–H groups in total. The van der Waals surface area contributed by atoms with E-state index in [9.17, 15) is 4.79 Å². The van der Waals surface area contributed by atoms with Gasteiger partial charge in [0, 0.05) is 20.6 Å². The Labute approximate surface area is 85.6 Å². The summed E-state index contributed by atoms with van der Waals surface area (Å²) in [6, 6.07) is 0. The molecule has 0 atom stereocenters. The highest BCUT2D eigenvalue weighted by atomic mass is 32.1. The van der Waals surface area contributed by atoms with E-state index in [4.69, 9.17) is 5.11 Å². The second-order valence-corrected chi connectivity index (χ2v) is 3.59. The normalized spacial score (nSPS) is 9.93. The van der Waals surface area contributed by atoms with E-state index in [0.717, 1.165) is 0 Å². The van der Waals surface area contributed by atoms with Crippen LogP contribution in [0.5, 0.6) is 0 Å². The van der Waals surface area contributed by atoms with Crippen molar-refractivity contribution in [1.29, 1.82) is 0 Å². The van der Waals surface area contributed by atoms with E-state index < -0.39 is 0 Å². The molecule has 1 heterocycles. The first-order valence-electron chi connectivity index (χ1n) is 4.06. The molecule has 7 heteroatoms. The van der Waals surface area contributed by atoms with Crippen LogP contribution in [0, 0.1) is 0 Å². The van der Waals surface area contributed by atoms with Crippen LogP contribution in [-0.4, -0.2) is 53.4 Å². The molecule has 14 heavy (non-hydrogen) atoms. The Hall–Kier alpha value is -1.21. The first-order chi connectivity index (χ1) is 6.69.